The van der Waals surface area contributed by atoms with Crippen LogP contribution >= 0.6 is 0 Å². The van der Waals surface area contributed by atoms with E-state index in [1.54, 1.807) is 0 Å². The smallest absolute Gasteiger partial charge is 0.208 e. The zero-order valence-corrected chi connectivity index (χ0v) is 15.5. The fraction of sp³-hybridized carbons (Fsp3) is 0.667. The van der Waals surface area contributed by atoms with E-state index < -0.39 is 0 Å². The number of hydrogen-bond acceptors (Lipinski definition) is 5. The minimum atomic E-state index is 0.0132. The third-order valence-electron chi connectivity index (χ3n) is 4.77. The van der Waals surface area contributed by atoms with Crippen LogP contribution in [0.3, 0.4) is 0 Å². The second kappa shape index (κ2) is 6.69. The molecule has 2 aromatic heterocycles. The molecule has 0 aliphatic carbocycles. The lowest BCUT2D eigenvalue weighted by Crippen LogP contribution is -2.51. The average Bonchev–Trinajstić information content (AvgIpc) is 3.11. The molecule has 0 aromatic carbocycles. The van der Waals surface area contributed by atoms with Crippen LogP contribution in [0.25, 0.3) is 0 Å². The van der Waals surface area contributed by atoms with Crippen LogP contribution in [0.2, 0.25) is 0 Å². The summed E-state index contributed by atoms with van der Waals surface area (Å²) in [6, 6.07) is 0.493. The van der Waals surface area contributed by atoms with E-state index in [2.05, 4.69) is 59.1 Å². The van der Waals surface area contributed by atoms with E-state index >= 15 is 0 Å². The molecule has 0 N–H and O–H groups in total. The number of imidazole rings is 1. The lowest BCUT2D eigenvalue weighted by molar-refractivity contribution is 0.0653. The normalized spacial score (nSPS) is 20.6. The summed E-state index contributed by atoms with van der Waals surface area (Å²) in [5.41, 5.74) is 0.0132. The molecule has 1 fully saturated rings. The summed E-state index contributed by atoms with van der Waals surface area (Å²) in [6.45, 7) is 13.5. The lowest BCUT2D eigenvalue weighted by atomic mass is 9.94. The summed E-state index contributed by atoms with van der Waals surface area (Å²) in [5.74, 6) is 2.90. The Morgan fingerprint density at radius 3 is 2.58 bits per heavy atom. The Kier molecular flexibility index (Phi) is 4.78. The van der Waals surface area contributed by atoms with E-state index in [0.29, 0.717) is 6.04 Å². The molecule has 0 saturated carbocycles. The molecule has 2 aromatic rings. The molecule has 1 saturated heterocycles. The van der Waals surface area contributed by atoms with E-state index in [-0.39, 0.29) is 5.41 Å². The highest BCUT2D eigenvalue weighted by atomic mass is 16.4. The predicted octanol–water partition coefficient (Wildman–Crippen LogP) is 2.41. The number of rotatable bonds is 4. The minimum absolute atomic E-state index is 0.0132. The zero-order chi connectivity index (χ0) is 17.3. The molecule has 24 heavy (non-hydrogen) atoms. The molecule has 1 aliphatic rings. The molecule has 1 aliphatic heterocycles. The summed E-state index contributed by atoms with van der Waals surface area (Å²) < 4.78 is 8.03. The van der Waals surface area contributed by atoms with Gasteiger partial charge in [0.05, 0.1) is 19.3 Å². The van der Waals surface area contributed by atoms with E-state index in [4.69, 9.17) is 4.42 Å². The maximum Gasteiger partial charge on any atom is 0.208 e. The molecular weight excluding hydrogens is 302 g/mol. The second-order valence-corrected chi connectivity index (χ2v) is 7.88. The van der Waals surface area contributed by atoms with Crippen LogP contribution in [0.15, 0.2) is 23.0 Å². The molecule has 3 rings (SSSR count). The van der Waals surface area contributed by atoms with Gasteiger partial charge in [-0.25, -0.2) is 9.97 Å². The first-order chi connectivity index (χ1) is 11.3. The molecule has 0 amide bonds. The van der Waals surface area contributed by atoms with Crippen molar-refractivity contribution in [1.82, 2.24) is 24.3 Å². The molecule has 0 unspecified atom stereocenters. The summed E-state index contributed by atoms with van der Waals surface area (Å²) in [4.78, 5) is 13.8. The highest BCUT2D eigenvalue weighted by Crippen LogP contribution is 2.23. The standard InChI is InChI=1S/C18H29N5O/c1-14-11-22(13-17-20-10-15(24-17)18(2,3)4)8-9-23(14)12-16-19-6-7-21(16)5/h6-7,10,14H,8-9,11-13H2,1-5H3/t14-/m1/s1. The van der Waals surface area contributed by atoms with Gasteiger partial charge in [-0.3, -0.25) is 9.80 Å². The van der Waals surface area contributed by atoms with Gasteiger partial charge in [0.15, 0.2) is 0 Å². The van der Waals surface area contributed by atoms with Crippen LogP contribution in [-0.4, -0.2) is 50.0 Å². The Hall–Kier alpha value is -1.66. The largest absolute Gasteiger partial charge is 0.444 e. The number of aryl methyl sites for hydroxylation is 1. The maximum absolute atomic E-state index is 5.93. The van der Waals surface area contributed by atoms with Crippen LogP contribution in [0, 0.1) is 0 Å². The highest BCUT2D eigenvalue weighted by Gasteiger charge is 2.26. The third-order valence-corrected chi connectivity index (χ3v) is 4.77. The van der Waals surface area contributed by atoms with Gasteiger partial charge in [-0.1, -0.05) is 20.8 Å². The summed E-state index contributed by atoms with van der Waals surface area (Å²) in [6.07, 6.45) is 5.74. The van der Waals surface area contributed by atoms with Crippen molar-refractivity contribution in [2.45, 2.75) is 52.2 Å². The third kappa shape index (κ3) is 3.87. The summed E-state index contributed by atoms with van der Waals surface area (Å²) in [7, 11) is 2.05. The van der Waals surface area contributed by atoms with E-state index in [1.165, 1.54) is 0 Å². The van der Waals surface area contributed by atoms with Crippen molar-refractivity contribution < 1.29 is 4.42 Å². The van der Waals surface area contributed by atoms with Gasteiger partial charge in [0.1, 0.15) is 11.6 Å². The van der Waals surface area contributed by atoms with Gasteiger partial charge in [0, 0.05) is 50.5 Å². The Morgan fingerprint density at radius 1 is 1.21 bits per heavy atom. The van der Waals surface area contributed by atoms with Crippen LogP contribution in [0.5, 0.6) is 0 Å². The molecule has 0 bridgehead atoms. The minimum Gasteiger partial charge on any atom is -0.444 e. The number of piperazine rings is 1. The maximum atomic E-state index is 5.93. The van der Waals surface area contributed by atoms with Crippen LogP contribution in [0.1, 0.15) is 45.2 Å². The topological polar surface area (TPSA) is 50.3 Å². The molecule has 3 heterocycles. The van der Waals surface area contributed by atoms with E-state index in [1.807, 2.05) is 18.6 Å². The highest BCUT2D eigenvalue weighted by molar-refractivity contribution is 5.06. The van der Waals surface area contributed by atoms with Crippen molar-refractivity contribution in [3.05, 3.63) is 36.1 Å². The summed E-state index contributed by atoms with van der Waals surface area (Å²) >= 11 is 0. The monoisotopic (exact) mass is 331 g/mol. The van der Waals surface area contributed by atoms with Crippen LogP contribution < -0.4 is 0 Å². The first-order valence-electron chi connectivity index (χ1n) is 8.70. The van der Waals surface area contributed by atoms with Crippen LogP contribution in [-0.2, 0) is 25.6 Å². The Bertz CT molecular complexity index is 669. The molecule has 6 nitrogen and oxygen atoms in total. The molecule has 0 radical (unpaired) electrons. The van der Waals surface area contributed by atoms with Gasteiger partial charge in [-0.15, -0.1) is 0 Å². The Morgan fingerprint density at radius 2 is 2.00 bits per heavy atom. The molecular formula is C18H29N5O. The fourth-order valence-electron chi connectivity index (χ4n) is 3.10. The number of nitrogens with zero attached hydrogens (tertiary/aromatic N) is 5. The van der Waals surface area contributed by atoms with Crippen molar-refractivity contribution in [2.75, 3.05) is 19.6 Å². The van der Waals surface area contributed by atoms with Gasteiger partial charge < -0.3 is 8.98 Å². The second-order valence-electron chi connectivity index (χ2n) is 7.88. The van der Waals surface area contributed by atoms with Crippen molar-refractivity contribution in [2.24, 2.45) is 7.05 Å². The molecule has 0 spiro atoms. The van der Waals surface area contributed by atoms with Crippen LogP contribution in [0.4, 0.5) is 0 Å². The zero-order valence-electron chi connectivity index (χ0n) is 15.5. The number of aromatic nitrogens is 3. The first-order valence-corrected chi connectivity index (χ1v) is 8.70. The molecule has 1 atom stereocenters. The molecule has 6 heteroatoms. The van der Waals surface area contributed by atoms with Gasteiger partial charge in [0.2, 0.25) is 5.89 Å². The summed E-state index contributed by atoms with van der Waals surface area (Å²) in [5, 5.41) is 0. The first kappa shape index (κ1) is 17.2. The van der Waals surface area contributed by atoms with Gasteiger partial charge >= 0.3 is 0 Å². The lowest BCUT2D eigenvalue weighted by Gasteiger charge is -2.39. The predicted molar refractivity (Wildman–Crippen MR) is 93.6 cm³/mol. The Labute approximate surface area is 144 Å². The van der Waals surface area contributed by atoms with Crippen molar-refractivity contribution in [3.63, 3.8) is 0 Å². The van der Waals surface area contributed by atoms with Gasteiger partial charge in [-0.05, 0) is 6.92 Å². The average molecular weight is 331 g/mol. The van der Waals surface area contributed by atoms with Crippen molar-refractivity contribution in [1.29, 1.82) is 0 Å². The molecule has 132 valence electrons. The van der Waals surface area contributed by atoms with Gasteiger partial charge in [-0.2, -0.15) is 0 Å². The van der Waals surface area contributed by atoms with E-state index in [0.717, 1.165) is 50.2 Å². The quantitative estimate of drug-likeness (QED) is 0.861. The SMILES string of the molecule is C[C@@H]1CN(Cc2ncc(C(C)(C)C)o2)CCN1Cc1nccn1C. The van der Waals surface area contributed by atoms with Gasteiger partial charge in [0.25, 0.3) is 0 Å². The number of hydrogen-bond donors (Lipinski definition) is 0. The van der Waals surface area contributed by atoms with Crippen molar-refractivity contribution in [3.8, 4) is 0 Å². The number of oxazole rings is 1. The fourth-order valence-corrected chi connectivity index (χ4v) is 3.10. The Balaban J connectivity index is 1.55. The van der Waals surface area contributed by atoms with Crippen molar-refractivity contribution >= 4 is 0 Å². The van der Waals surface area contributed by atoms with E-state index in [9.17, 15) is 0 Å².